The van der Waals surface area contributed by atoms with Crippen molar-refractivity contribution in [1.82, 2.24) is 24.1 Å². The molecule has 4 aromatic rings. The second-order valence-corrected chi connectivity index (χ2v) is 8.99. The average molecular weight is 554 g/mol. The van der Waals surface area contributed by atoms with Gasteiger partial charge in [-0.2, -0.15) is 5.26 Å². The first kappa shape index (κ1) is 26.0. The molecule has 1 N–H and O–H groups in total. The van der Waals surface area contributed by atoms with Crippen molar-refractivity contribution >= 4 is 17.4 Å². The Morgan fingerprint density at radius 1 is 1.18 bits per heavy atom. The zero-order chi connectivity index (χ0) is 27.7. The third-order valence-corrected chi connectivity index (χ3v) is 6.41. The van der Waals surface area contributed by atoms with Gasteiger partial charge in [-0.25, -0.2) is 28.1 Å². The molecule has 5 rings (SSSR count). The Balaban J connectivity index is 1.76. The van der Waals surface area contributed by atoms with Crippen molar-refractivity contribution in [2.45, 2.75) is 12.1 Å². The van der Waals surface area contributed by atoms with Crippen LogP contribution in [0.15, 0.2) is 64.7 Å². The number of rotatable bonds is 7. The van der Waals surface area contributed by atoms with Crippen LogP contribution in [0, 0.1) is 17.1 Å². The van der Waals surface area contributed by atoms with Crippen molar-refractivity contribution in [2.75, 3.05) is 24.9 Å². The quantitative estimate of drug-likeness (QED) is 0.365. The maximum Gasteiger partial charge on any atom is 0.338 e. The summed E-state index contributed by atoms with van der Waals surface area (Å²) < 4.78 is 33.4. The summed E-state index contributed by atoms with van der Waals surface area (Å²) in [5.74, 6) is -0.618. The number of benzene rings is 1. The number of alkyl halides is 1. The number of aliphatic hydroxyl groups is 1. The zero-order valence-electron chi connectivity index (χ0n) is 20.0. The molecule has 198 valence electrons. The second kappa shape index (κ2) is 10.2. The van der Waals surface area contributed by atoms with E-state index < -0.39 is 36.1 Å². The Bertz CT molecular complexity index is 1720. The smallest absolute Gasteiger partial charge is 0.338 e. The van der Waals surface area contributed by atoms with Crippen molar-refractivity contribution in [2.24, 2.45) is 0 Å². The number of halogens is 3. The predicted octanol–water partition coefficient (Wildman–Crippen LogP) is 2.18. The van der Waals surface area contributed by atoms with Gasteiger partial charge in [0.25, 0.3) is 5.56 Å². The maximum absolute atomic E-state index is 14.0. The minimum atomic E-state index is -1.50. The van der Waals surface area contributed by atoms with Crippen LogP contribution in [0.1, 0.15) is 5.82 Å². The molecular weight excluding hydrogens is 536 g/mol. The molecule has 39 heavy (non-hydrogen) atoms. The van der Waals surface area contributed by atoms with Crippen molar-refractivity contribution in [3.63, 3.8) is 0 Å². The number of β-amino-alcohol motifs (C(OH)–C–C–N with tert-alkyl or cyclic N) is 1. The van der Waals surface area contributed by atoms with Gasteiger partial charge >= 0.3 is 5.69 Å². The number of ether oxygens (including phenoxy) is 1. The van der Waals surface area contributed by atoms with Gasteiger partial charge in [-0.3, -0.25) is 14.3 Å². The first-order valence-corrected chi connectivity index (χ1v) is 11.8. The molecule has 0 saturated carbocycles. The molecule has 0 aliphatic carbocycles. The number of aromatic nitrogens is 5. The minimum absolute atomic E-state index is 0.00945. The first-order chi connectivity index (χ1) is 18.8. The fourth-order valence-electron chi connectivity index (χ4n) is 4.40. The van der Waals surface area contributed by atoms with Crippen molar-refractivity contribution in [3.05, 3.63) is 92.6 Å². The highest BCUT2D eigenvalue weighted by Crippen LogP contribution is 2.38. The lowest BCUT2D eigenvalue weighted by molar-refractivity contribution is -0.00193. The molecule has 1 aromatic carbocycles. The summed E-state index contributed by atoms with van der Waals surface area (Å²) >= 11 is 6.03. The van der Waals surface area contributed by atoms with E-state index in [1.165, 1.54) is 47.9 Å². The molecule has 1 fully saturated rings. The number of nitrogens with zero attached hydrogens (tertiary/aromatic N) is 7. The highest BCUT2D eigenvalue weighted by atomic mass is 35.5. The third kappa shape index (κ3) is 4.60. The van der Waals surface area contributed by atoms with Crippen LogP contribution in [0.4, 0.5) is 14.6 Å². The Morgan fingerprint density at radius 2 is 1.92 bits per heavy atom. The van der Waals surface area contributed by atoms with Crippen molar-refractivity contribution in [3.8, 4) is 28.6 Å². The van der Waals surface area contributed by atoms with E-state index in [4.69, 9.17) is 16.3 Å². The Hall–Kier alpha value is -4.67. The number of pyridine rings is 1. The normalized spacial score (nSPS) is 14.0. The summed E-state index contributed by atoms with van der Waals surface area (Å²) in [6, 6.07) is 8.32. The summed E-state index contributed by atoms with van der Waals surface area (Å²) in [5.41, 5.74) is -3.25. The Labute approximate surface area is 223 Å². The largest absolute Gasteiger partial charge is 0.461 e. The predicted molar refractivity (Wildman–Crippen MR) is 135 cm³/mol. The topological polar surface area (TPSA) is 139 Å². The number of anilines is 1. The van der Waals surface area contributed by atoms with Gasteiger partial charge in [0.1, 0.15) is 23.9 Å². The molecule has 1 aliphatic rings. The van der Waals surface area contributed by atoms with Crippen LogP contribution in [0.2, 0.25) is 5.02 Å². The van der Waals surface area contributed by atoms with E-state index in [-0.39, 0.29) is 52.3 Å². The summed E-state index contributed by atoms with van der Waals surface area (Å²) in [6.45, 7) is -1.88. The maximum atomic E-state index is 14.0. The Kier molecular flexibility index (Phi) is 6.81. The molecule has 0 bridgehead atoms. The van der Waals surface area contributed by atoms with Gasteiger partial charge in [0.05, 0.1) is 47.8 Å². The second-order valence-electron chi connectivity index (χ2n) is 8.59. The summed E-state index contributed by atoms with van der Waals surface area (Å²) in [6.07, 6.45) is 5.33. The summed E-state index contributed by atoms with van der Waals surface area (Å²) in [7, 11) is 0. The van der Waals surface area contributed by atoms with Crippen LogP contribution in [0.3, 0.4) is 0 Å². The molecular formula is C25H18ClF2N7O4. The van der Waals surface area contributed by atoms with Crippen LogP contribution in [0.5, 0.6) is 5.75 Å². The van der Waals surface area contributed by atoms with Crippen LogP contribution in [0.25, 0.3) is 16.8 Å². The molecule has 3 aromatic heterocycles. The van der Waals surface area contributed by atoms with Crippen molar-refractivity contribution in [1.29, 1.82) is 5.26 Å². The van der Waals surface area contributed by atoms with Crippen LogP contribution < -0.4 is 20.9 Å². The molecule has 0 amide bonds. The van der Waals surface area contributed by atoms with Gasteiger partial charge in [-0.05, 0) is 23.8 Å². The highest BCUT2D eigenvalue weighted by Gasteiger charge is 2.47. The number of hydrogen-bond donors (Lipinski definition) is 1. The van der Waals surface area contributed by atoms with Gasteiger partial charge in [-0.15, -0.1) is 0 Å². The first-order valence-electron chi connectivity index (χ1n) is 11.4. The highest BCUT2D eigenvalue weighted by molar-refractivity contribution is 6.31. The van der Waals surface area contributed by atoms with Gasteiger partial charge in [-0.1, -0.05) is 17.7 Å². The van der Waals surface area contributed by atoms with Crippen LogP contribution >= 0.6 is 11.6 Å². The molecule has 0 atom stereocenters. The van der Waals surface area contributed by atoms with E-state index in [1.807, 2.05) is 6.07 Å². The molecule has 4 heterocycles. The molecule has 14 heteroatoms. The molecule has 11 nitrogen and oxygen atoms in total. The van der Waals surface area contributed by atoms with Gasteiger partial charge < -0.3 is 14.7 Å². The number of hydrogen-bond acceptors (Lipinski definition) is 9. The van der Waals surface area contributed by atoms with E-state index in [0.717, 1.165) is 15.2 Å². The van der Waals surface area contributed by atoms with E-state index in [9.17, 15) is 28.7 Å². The fraction of sp³-hybridized carbons (Fsp3) is 0.200. The van der Waals surface area contributed by atoms with Gasteiger partial charge in [0.2, 0.25) is 6.86 Å². The van der Waals surface area contributed by atoms with Crippen molar-refractivity contribution < 1.29 is 18.6 Å². The lowest BCUT2D eigenvalue weighted by Crippen LogP contribution is -2.62. The van der Waals surface area contributed by atoms with Gasteiger partial charge in [0, 0.05) is 18.5 Å². The molecule has 0 spiro atoms. The number of nitriles is 1. The lowest BCUT2D eigenvalue weighted by atomic mass is 9.92. The standard InChI is InChI=1S/C25H18ClF2N7O4/c26-18-8-15(2-3-19(18)28)20-21(33-12-25(38,13-33)23-31-5-1-6-32-23)34(7-4-29)24(37)35(22(20)36)16-9-17(39-14-27)11-30-10-16/h1-3,5-6,8-11,38H,7,12-14H2. The van der Waals surface area contributed by atoms with E-state index in [1.54, 1.807) is 6.07 Å². The molecule has 1 aliphatic heterocycles. The molecule has 0 radical (unpaired) electrons. The zero-order valence-corrected chi connectivity index (χ0v) is 20.7. The van der Waals surface area contributed by atoms with E-state index in [2.05, 4.69) is 15.0 Å². The van der Waals surface area contributed by atoms with Crippen LogP contribution in [-0.2, 0) is 12.1 Å². The van der Waals surface area contributed by atoms with E-state index >= 15 is 0 Å². The summed E-state index contributed by atoms with van der Waals surface area (Å²) in [4.78, 5) is 41.3. The fourth-order valence-corrected chi connectivity index (χ4v) is 4.58. The third-order valence-electron chi connectivity index (χ3n) is 6.12. The average Bonchev–Trinajstić information content (AvgIpc) is 2.91. The van der Waals surface area contributed by atoms with Gasteiger partial charge in [0.15, 0.2) is 11.4 Å². The van der Waals surface area contributed by atoms with E-state index in [0.29, 0.717) is 0 Å². The summed E-state index contributed by atoms with van der Waals surface area (Å²) in [5, 5.41) is 20.4. The molecule has 1 saturated heterocycles. The SMILES string of the molecule is N#CCn1c(N2CC(O)(c3ncccn3)C2)c(-c2ccc(F)c(Cl)c2)c(=O)n(-c2cncc(OCF)c2)c1=O. The Morgan fingerprint density at radius 3 is 2.59 bits per heavy atom. The molecule has 0 unspecified atom stereocenters. The lowest BCUT2D eigenvalue weighted by Gasteiger charge is -2.47. The monoisotopic (exact) mass is 553 g/mol. The van der Waals surface area contributed by atoms with Crippen LogP contribution in [-0.4, -0.2) is 49.1 Å². The minimum Gasteiger partial charge on any atom is -0.461 e.